The standard InChI is InChI=1S/C9H18N4/c1-11-9(13-10)12-8-5-6-2-3-7(8)4-6/h6-8H,2-5,10H2,1H3,(H2,11,12,13). The van der Waals surface area contributed by atoms with Crippen molar-refractivity contribution in [1.82, 2.24) is 10.7 Å². The molecule has 3 atom stereocenters. The van der Waals surface area contributed by atoms with E-state index in [1.54, 1.807) is 7.05 Å². The molecular weight excluding hydrogens is 164 g/mol. The van der Waals surface area contributed by atoms with E-state index in [1.807, 2.05) is 0 Å². The van der Waals surface area contributed by atoms with Crippen LogP contribution in [0.3, 0.4) is 0 Å². The Morgan fingerprint density at radius 2 is 2.23 bits per heavy atom. The van der Waals surface area contributed by atoms with E-state index >= 15 is 0 Å². The molecule has 3 unspecified atom stereocenters. The summed E-state index contributed by atoms with van der Waals surface area (Å²) in [6.45, 7) is 0. The van der Waals surface area contributed by atoms with Crippen molar-refractivity contribution in [2.45, 2.75) is 31.7 Å². The SMILES string of the molecule is CN=C(NN)NC1CC2CCC1C2. The van der Waals surface area contributed by atoms with Gasteiger partial charge in [-0.2, -0.15) is 0 Å². The maximum Gasteiger partial charge on any atom is 0.205 e. The highest BCUT2D eigenvalue weighted by Gasteiger charge is 2.39. The number of guanidine groups is 1. The summed E-state index contributed by atoms with van der Waals surface area (Å²) in [5.41, 5.74) is 2.58. The zero-order chi connectivity index (χ0) is 9.26. The Hall–Kier alpha value is -0.770. The summed E-state index contributed by atoms with van der Waals surface area (Å²) >= 11 is 0. The smallest absolute Gasteiger partial charge is 0.205 e. The number of hydrazine groups is 1. The number of hydrogen-bond donors (Lipinski definition) is 3. The zero-order valence-corrected chi connectivity index (χ0v) is 8.09. The Morgan fingerprint density at radius 3 is 2.69 bits per heavy atom. The molecule has 13 heavy (non-hydrogen) atoms. The van der Waals surface area contributed by atoms with Crippen molar-refractivity contribution in [2.24, 2.45) is 22.7 Å². The second-order valence-corrected chi connectivity index (χ2v) is 4.14. The molecule has 0 radical (unpaired) electrons. The Labute approximate surface area is 79.0 Å². The van der Waals surface area contributed by atoms with Crippen LogP contribution in [0.2, 0.25) is 0 Å². The number of fused-ring (bicyclic) bond motifs is 2. The van der Waals surface area contributed by atoms with Gasteiger partial charge in [-0.1, -0.05) is 6.42 Å². The average molecular weight is 182 g/mol. The van der Waals surface area contributed by atoms with Crippen molar-refractivity contribution in [3.05, 3.63) is 0 Å². The summed E-state index contributed by atoms with van der Waals surface area (Å²) in [7, 11) is 1.75. The summed E-state index contributed by atoms with van der Waals surface area (Å²) in [5.74, 6) is 7.85. The molecule has 2 aliphatic rings. The van der Waals surface area contributed by atoms with Crippen LogP contribution < -0.4 is 16.6 Å². The van der Waals surface area contributed by atoms with Crippen LogP contribution in [0.15, 0.2) is 4.99 Å². The van der Waals surface area contributed by atoms with Crippen LogP contribution in [0.5, 0.6) is 0 Å². The molecule has 74 valence electrons. The third-order valence-corrected chi connectivity index (χ3v) is 3.42. The van der Waals surface area contributed by atoms with Gasteiger partial charge in [-0.05, 0) is 31.1 Å². The molecular formula is C9H18N4. The summed E-state index contributed by atoms with van der Waals surface area (Å²) < 4.78 is 0. The van der Waals surface area contributed by atoms with E-state index in [0.29, 0.717) is 6.04 Å². The van der Waals surface area contributed by atoms with Gasteiger partial charge in [0, 0.05) is 13.1 Å². The molecule has 0 saturated heterocycles. The van der Waals surface area contributed by atoms with E-state index in [0.717, 1.165) is 17.8 Å². The van der Waals surface area contributed by atoms with Crippen molar-refractivity contribution in [3.8, 4) is 0 Å². The minimum Gasteiger partial charge on any atom is -0.352 e. The van der Waals surface area contributed by atoms with Gasteiger partial charge in [0.15, 0.2) is 0 Å². The molecule has 2 aliphatic carbocycles. The maximum atomic E-state index is 5.32. The Kier molecular flexibility index (Phi) is 2.40. The number of nitrogens with zero attached hydrogens (tertiary/aromatic N) is 1. The molecule has 0 amide bonds. The van der Waals surface area contributed by atoms with Crippen molar-refractivity contribution in [2.75, 3.05) is 7.05 Å². The zero-order valence-electron chi connectivity index (χ0n) is 8.09. The highest BCUT2D eigenvalue weighted by atomic mass is 15.3. The second-order valence-electron chi connectivity index (χ2n) is 4.14. The van der Waals surface area contributed by atoms with Crippen molar-refractivity contribution in [1.29, 1.82) is 0 Å². The van der Waals surface area contributed by atoms with Gasteiger partial charge >= 0.3 is 0 Å². The van der Waals surface area contributed by atoms with Gasteiger partial charge in [-0.3, -0.25) is 10.4 Å². The molecule has 0 aromatic carbocycles. The summed E-state index contributed by atoms with van der Waals surface area (Å²) in [6, 6.07) is 0.605. The fourth-order valence-electron chi connectivity index (χ4n) is 2.77. The first-order valence-electron chi connectivity index (χ1n) is 5.03. The monoisotopic (exact) mass is 182 g/mol. The highest BCUT2D eigenvalue weighted by Crippen LogP contribution is 2.44. The Balaban J connectivity index is 1.89. The number of nitrogens with two attached hydrogens (primary N) is 1. The van der Waals surface area contributed by atoms with Crippen LogP contribution in [-0.2, 0) is 0 Å². The van der Waals surface area contributed by atoms with Gasteiger partial charge in [0.2, 0.25) is 5.96 Å². The quantitative estimate of drug-likeness (QED) is 0.235. The van der Waals surface area contributed by atoms with Crippen molar-refractivity contribution in [3.63, 3.8) is 0 Å². The van der Waals surface area contributed by atoms with Gasteiger partial charge in [-0.25, -0.2) is 5.84 Å². The molecule has 4 nitrogen and oxygen atoms in total. The van der Waals surface area contributed by atoms with Crippen LogP contribution in [0, 0.1) is 11.8 Å². The molecule has 2 fully saturated rings. The van der Waals surface area contributed by atoms with Gasteiger partial charge in [0.25, 0.3) is 0 Å². The second kappa shape index (κ2) is 3.54. The molecule has 0 aromatic heterocycles. The molecule has 0 aliphatic heterocycles. The largest absolute Gasteiger partial charge is 0.352 e. The number of hydrogen-bond acceptors (Lipinski definition) is 2. The molecule has 2 rings (SSSR count). The van der Waals surface area contributed by atoms with Crippen LogP contribution >= 0.6 is 0 Å². The lowest BCUT2D eigenvalue weighted by atomic mass is 9.95. The van der Waals surface area contributed by atoms with Crippen molar-refractivity contribution < 1.29 is 0 Å². The normalized spacial score (nSPS) is 38.0. The molecule has 0 aromatic rings. The minimum atomic E-state index is 0.605. The predicted molar refractivity (Wildman–Crippen MR) is 53.1 cm³/mol. The molecule has 2 bridgehead atoms. The highest BCUT2D eigenvalue weighted by molar-refractivity contribution is 5.79. The molecule has 0 spiro atoms. The summed E-state index contributed by atoms with van der Waals surface area (Å²) in [6.07, 6.45) is 5.51. The average Bonchev–Trinajstić information content (AvgIpc) is 2.75. The molecule has 4 heteroatoms. The van der Waals surface area contributed by atoms with E-state index in [9.17, 15) is 0 Å². The third kappa shape index (κ3) is 1.63. The van der Waals surface area contributed by atoms with Crippen LogP contribution in [0.1, 0.15) is 25.7 Å². The number of nitrogens with one attached hydrogen (secondary N) is 2. The lowest BCUT2D eigenvalue weighted by Crippen LogP contribution is -2.48. The molecule has 2 saturated carbocycles. The molecule has 4 N–H and O–H groups in total. The summed E-state index contributed by atoms with van der Waals surface area (Å²) in [5, 5.41) is 3.36. The third-order valence-electron chi connectivity index (χ3n) is 3.42. The number of aliphatic imine (C=N–C) groups is 1. The van der Waals surface area contributed by atoms with Crippen LogP contribution in [0.4, 0.5) is 0 Å². The minimum absolute atomic E-state index is 0.605. The Morgan fingerprint density at radius 1 is 1.38 bits per heavy atom. The van der Waals surface area contributed by atoms with E-state index in [-0.39, 0.29) is 0 Å². The fraction of sp³-hybridized carbons (Fsp3) is 0.889. The van der Waals surface area contributed by atoms with E-state index in [4.69, 9.17) is 5.84 Å². The number of rotatable bonds is 1. The fourth-order valence-corrected chi connectivity index (χ4v) is 2.77. The lowest BCUT2D eigenvalue weighted by molar-refractivity contribution is 0.387. The maximum absolute atomic E-state index is 5.32. The van der Waals surface area contributed by atoms with E-state index in [2.05, 4.69) is 15.7 Å². The van der Waals surface area contributed by atoms with Crippen LogP contribution in [0.25, 0.3) is 0 Å². The first-order chi connectivity index (χ1) is 6.33. The van der Waals surface area contributed by atoms with Crippen molar-refractivity contribution >= 4 is 5.96 Å². The predicted octanol–water partition coefficient (Wildman–Crippen LogP) is 0.214. The van der Waals surface area contributed by atoms with Crippen LogP contribution in [-0.4, -0.2) is 19.0 Å². The van der Waals surface area contributed by atoms with Gasteiger partial charge in [0.05, 0.1) is 0 Å². The van der Waals surface area contributed by atoms with Gasteiger partial charge < -0.3 is 5.32 Å². The van der Waals surface area contributed by atoms with E-state index < -0.39 is 0 Å². The topological polar surface area (TPSA) is 62.4 Å². The first-order valence-corrected chi connectivity index (χ1v) is 5.03. The van der Waals surface area contributed by atoms with Gasteiger partial charge in [-0.15, -0.1) is 0 Å². The first kappa shape index (κ1) is 8.81. The Bertz CT molecular complexity index is 214. The molecule has 0 heterocycles. The van der Waals surface area contributed by atoms with E-state index in [1.165, 1.54) is 25.7 Å². The summed E-state index contributed by atoms with van der Waals surface area (Å²) in [4.78, 5) is 4.02. The lowest BCUT2D eigenvalue weighted by Gasteiger charge is -2.24. The van der Waals surface area contributed by atoms with Gasteiger partial charge in [0.1, 0.15) is 0 Å².